The van der Waals surface area contributed by atoms with Gasteiger partial charge in [0.15, 0.2) is 17.1 Å². The number of rotatable bonds is 4. The van der Waals surface area contributed by atoms with Crippen molar-refractivity contribution in [3.05, 3.63) is 83.8 Å². The molecular formula is C23H19N3O4. The summed E-state index contributed by atoms with van der Waals surface area (Å²) in [6.45, 7) is 2.24. The normalized spacial score (nSPS) is 14.3. The van der Waals surface area contributed by atoms with Gasteiger partial charge in [-0.25, -0.2) is 0 Å². The molecule has 2 aromatic heterocycles. The Labute approximate surface area is 172 Å². The van der Waals surface area contributed by atoms with Crippen molar-refractivity contribution in [3.63, 3.8) is 0 Å². The summed E-state index contributed by atoms with van der Waals surface area (Å²) in [5, 5.41) is 0. The maximum Gasteiger partial charge on any atom is 0.298 e. The molecule has 1 fully saturated rings. The summed E-state index contributed by atoms with van der Waals surface area (Å²) in [6.07, 6.45) is 0. The third-order valence-electron chi connectivity index (χ3n) is 5.20. The molecule has 150 valence electrons. The van der Waals surface area contributed by atoms with Gasteiger partial charge in [0, 0.05) is 31.7 Å². The van der Waals surface area contributed by atoms with Gasteiger partial charge in [0.05, 0.1) is 0 Å². The average Bonchev–Trinajstić information content (AvgIpc) is 3.46. The number of fused-ring (bicyclic) bond motifs is 1. The van der Waals surface area contributed by atoms with Gasteiger partial charge in [-0.1, -0.05) is 42.5 Å². The van der Waals surface area contributed by atoms with Crippen molar-refractivity contribution in [3.8, 4) is 0 Å². The lowest BCUT2D eigenvalue weighted by atomic mass is 10.1. The van der Waals surface area contributed by atoms with Gasteiger partial charge in [-0.05, 0) is 24.3 Å². The zero-order valence-corrected chi connectivity index (χ0v) is 16.2. The number of aromatic nitrogens is 1. The standard InChI is InChI=1S/C23H19N3O4/c27-21(16-6-2-1-3-7-16)19-10-11-20(29-19)22(28)25-12-14-26(15-13-25)23-24-17-8-4-5-9-18(17)30-23/h1-11H,12-15H2. The summed E-state index contributed by atoms with van der Waals surface area (Å²) in [6, 6.07) is 20.2. The van der Waals surface area contributed by atoms with Crippen molar-refractivity contribution < 1.29 is 18.4 Å². The van der Waals surface area contributed by atoms with Gasteiger partial charge in [-0.2, -0.15) is 4.98 Å². The second kappa shape index (κ2) is 7.51. The maximum atomic E-state index is 12.8. The SMILES string of the molecule is O=C(c1ccccc1)c1ccc(C(=O)N2CCN(c3nc4ccccc4o3)CC2)o1. The number of carbonyl (C=O) groups is 2. The number of benzene rings is 2. The van der Waals surface area contributed by atoms with Crippen molar-refractivity contribution in [2.45, 2.75) is 0 Å². The number of carbonyl (C=O) groups excluding carboxylic acids is 2. The number of para-hydroxylation sites is 2. The van der Waals surface area contributed by atoms with Crippen LogP contribution in [0.5, 0.6) is 0 Å². The molecule has 5 rings (SSSR count). The highest BCUT2D eigenvalue weighted by Gasteiger charge is 2.27. The zero-order valence-electron chi connectivity index (χ0n) is 16.2. The first-order chi connectivity index (χ1) is 14.7. The van der Waals surface area contributed by atoms with Gasteiger partial charge in [-0.3, -0.25) is 9.59 Å². The van der Waals surface area contributed by atoms with Crippen LogP contribution in [0.2, 0.25) is 0 Å². The van der Waals surface area contributed by atoms with Crippen LogP contribution >= 0.6 is 0 Å². The van der Waals surface area contributed by atoms with Crippen molar-refractivity contribution in [2.24, 2.45) is 0 Å². The molecule has 1 amide bonds. The summed E-state index contributed by atoms with van der Waals surface area (Å²) in [4.78, 5) is 33.6. The molecule has 3 heterocycles. The van der Waals surface area contributed by atoms with E-state index in [9.17, 15) is 9.59 Å². The number of hydrogen-bond acceptors (Lipinski definition) is 6. The fourth-order valence-corrected chi connectivity index (χ4v) is 3.56. The van der Waals surface area contributed by atoms with Crippen LogP contribution in [0.15, 0.2) is 75.6 Å². The highest BCUT2D eigenvalue weighted by molar-refractivity contribution is 6.07. The summed E-state index contributed by atoms with van der Waals surface area (Å²) in [7, 11) is 0. The van der Waals surface area contributed by atoms with Crippen molar-refractivity contribution in [1.82, 2.24) is 9.88 Å². The molecule has 0 aliphatic carbocycles. The fourth-order valence-electron chi connectivity index (χ4n) is 3.56. The predicted molar refractivity (Wildman–Crippen MR) is 111 cm³/mol. The lowest BCUT2D eigenvalue weighted by molar-refractivity contribution is 0.0710. The Morgan fingerprint density at radius 1 is 0.767 bits per heavy atom. The molecule has 2 aromatic carbocycles. The van der Waals surface area contributed by atoms with Crippen LogP contribution in [0, 0.1) is 0 Å². The van der Waals surface area contributed by atoms with Gasteiger partial charge in [0.25, 0.3) is 11.9 Å². The highest BCUT2D eigenvalue weighted by atomic mass is 16.4. The summed E-state index contributed by atoms with van der Waals surface area (Å²) < 4.78 is 11.4. The molecule has 0 atom stereocenters. The molecule has 4 aromatic rings. The number of hydrogen-bond donors (Lipinski definition) is 0. The van der Waals surface area contributed by atoms with E-state index < -0.39 is 0 Å². The molecule has 0 saturated carbocycles. The van der Waals surface area contributed by atoms with E-state index in [2.05, 4.69) is 4.98 Å². The molecule has 7 heteroatoms. The van der Waals surface area contributed by atoms with E-state index in [-0.39, 0.29) is 23.2 Å². The minimum atomic E-state index is -0.240. The van der Waals surface area contributed by atoms with E-state index in [0.717, 1.165) is 11.1 Å². The van der Waals surface area contributed by atoms with E-state index in [1.165, 1.54) is 0 Å². The van der Waals surface area contributed by atoms with Crippen LogP contribution < -0.4 is 4.90 Å². The Morgan fingerprint density at radius 3 is 2.23 bits per heavy atom. The Balaban J connectivity index is 1.25. The Kier molecular flexibility index (Phi) is 4.55. The number of nitrogens with zero attached hydrogens (tertiary/aromatic N) is 3. The van der Waals surface area contributed by atoms with Crippen LogP contribution in [0.25, 0.3) is 11.1 Å². The number of amides is 1. The molecule has 0 N–H and O–H groups in total. The second-order valence-electron chi connectivity index (χ2n) is 7.10. The first kappa shape index (κ1) is 18.2. The largest absolute Gasteiger partial charge is 0.447 e. The fraction of sp³-hybridized carbons (Fsp3) is 0.174. The molecule has 0 bridgehead atoms. The van der Waals surface area contributed by atoms with Crippen molar-refractivity contribution >= 4 is 28.8 Å². The van der Waals surface area contributed by atoms with E-state index in [1.54, 1.807) is 41.3 Å². The predicted octanol–water partition coefficient (Wildman–Crippen LogP) is 3.61. The Bertz CT molecular complexity index is 1170. The minimum Gasteiger partial charge on any atom is -0.447 e. The smallest absolute Gasteiger partial charge is 0.298 e. The zero-order chi connectivity index (χ0) is 20.5. The van der Waals surface area contributed by atoms with E-state index >= 15 is 0 Å². The van der Waals surface area contributed by atoms with Crippen LogP contribution in [-0.4, -0.2) is 47.8 Å². The molecule has 30 heavy (non-hydrogen) atoms. The molecule has 1 aliphatic heterocycles. The number of furan rings is 1. The quantitative estimate of drug-likeness (QED) is 0.486. The molecule has 0 spiro atoms. The number of piperazine rings is 1. The lowest BCUT2D eigenvalue weighted by Crippen LogP contribution is -2.48. The number of anilines is 1. The Hall–Kier alpha value is -3.87. The lowest BCUT2D eigenvalue weighted by Gasteiger charge is -2.33. The molecule has 0 unspecified atom stereocenters. The molecule has 0 radical (unpaired) electrons. The Morgan fingerprint density at radius 2 is 1.47 bits per heavy atom. The summed E-state index contributed by atoms with van der Waals surface area (Å²) in [5.41, 5.74) is 2.09. The van der Waals surface area contributed by atoms with E-state index in [4.69, 9.17) is 8.83 Å². The summed E-state index contributed by atoms with van der Waals surface area (Å²) >= 11 is 0. The monoisotopic (exact) mass is 401 g/mol. The van der Waals surface area contributed by atoms with Gasteiger partial charge < -0.3 is 18.6 Å². The molecule has 1 aliphatic rings. The second-order valence-corrected chi connectivity index (χ2v) is 7.10. The molecule has 1 saturated heterocycles. The van der Waals surface area contributed by atoms with Gasteiger partial charge >= 0.3 is 0 Å². The van der Waals surface area contributed by atoms with Crippen molar-refractivity contribution in [1.29, 1.82) is 0 Å². The third-order valence-corrected chi connectivity index (χ3v) is 5.20. The minimum absolute atomic E-state index is 0.162. The van der Waals surface area contributed by atoms with Crippen LogP contribution in [0.4, 0.5) is 6.01 Å². The van der Waals surface area contributed by atoms with E-state index in [1.807, 2.05) is 35.2 Å². The average molecular weight is 401 g/mol. The van der Waals surface area contributed by atoms with Gasteiger partial charge in [0.2, 0.25) is 5.78 Å². The topological polar surface area (TPSA) is 79.8 Å². The van der Waals surface area contributed by atoms with Gasteiger partial charge in [-0.15, -0.1) is 0 Å². The number of oxazole rings is 1. The maximum absolute atomic E-state index is 12.8. The van der Waals surface area contributed by atoms with Crippen molar-refractivity contribution in [2.75, 3.05) is 31.1 Å². The first-order valence-corrected chi connectivity index (χ1v) is 9.78. The first-order valence-electron chi connectivity index (χ1n) is 9.78. The van der Waals surface area contributed by atoms with Gasteiger partial charge in [0.1, 0.15) is 5.52 Å². The van der Waals surface area contributed by atoms with Crippen LogP contribution in [0.3, 0.4) is 0 Å². The van der Waals surface area contributed by atoms with Crippen LogP contribution in [-0.2, 0) is 0 Å². The third kappa shape index (κ3) is 3.34. The molecule has 7 nitrogen and oxygen atoms in total. The summed E-state index contributed by atoms with van der Waals surface area (Å²) in [5.74, 6) is -0.131. The van der Waals surface area contributed by atoms with Crippen LogP contribution in [0.1, 0.15) is 26.7 Å². The van der Waals surface area contributed by atoms with E-state index in [0.29, 0.717) is 37.8 Å². The highest BCUT2D eigenvalue weighted by Crippen LogP contribution is 2.23. The number of ketones is 1. The molecular weight excluding hydrogens is 382 g/mol.